The lowest BCUT2D eigenvalue weighted by Crippen LogP contribution is -1.95. The molecule has 94 valence electrons. The summed E-state index contributed by atoms with van der Waals surface area (Å²) in [7, 11) is 0. The summed E-state index contributed by atoms with van der Waals surface area (Å²) < 4.78 is 6.23. The number of carbonyl (C=O) groups excluding carboxylic acids is 1. The van der Waals surface area contributed by atoms with Crippen LogP contribution in [0.5, 0.6) is 5.75 Å². The van der Waals surface area contributed by atoms with Crippen LogP contribution in [-0.2, 0) is 0 Å². The van der Waals surface area contributed by atoms with Gasteiger partial charge in [-0.15, -0.1) is 0 Å². The van der Waals surface area contributed by atoms with Gasteiger partial charge in [0.15, 0.2) is 6.29 Å². The molecule has 19 heavy (non-hydrogen) atoms. The summed E-state index contributed by atoms with van der Waals surface area (Å²) in [5.41, 5.74) is 1.52. The molecule has 3 heteroatoms. The van der Waals surface area contributed by atoms with E-state index in [-0.39, 0.29) is 6.61 Å². The fourth-order valence-electron chi connectivity index (χ4n) is 1.48. The van der Waals surface area contributed by atoms with E-state index in [1.165, 1.54) is 0 Å². The summed E-state index contributed by atoms with van der Waals surface area (Å²) in [6.45, 7) is 0.287. The number of aldehydes is 1. The second-order valence-corrected chi connectivity index (χ2v) is 4.61. The van der Waals surface area contributed by atoms with Gasteiger partial charge in [-0.25, -0.2) is 0 Å². The molecule has 0 aliphatic heterocycles. The Kier molecular flexibility index (Phi) is 4.77. The molecule has 0 saturated heterocycles. The summed E-state index contributed by atoms with van der Waals surface area (Å²) in [6, 6.07) is 15.0. The van der Waals surface area contributed by atoms with Gasteiger partial charge < -0.3 is 4.74 Å². The van der Waals surface area contributed by atoms with Crippen LogP contribution in [-0.4, -0.2) is 12.9 Å². The van der Waals surface area contributed by atoms with E-state index in [2.05, 4.69) is 27.8 Å². The lowest BCUT2D eigenvalue weighted by atomic mass is 10.2. The first kappa shape index (κ1) is 13.4. The highest BCUT2D eigenvalue weighted by atomic mass is 79.9. The van der Waals surface area contributed by atoms with Crippen molar-refractivity contribution in [1.29, 1.82) is 0 Å². The molecule has 0 N–H and O–H groups in total. The highest BCUT2D eigenvalue weighted by Crippen LogP contribution is 2.20. The molecular formula is C16H11BrO2. The zero-order chi connectivity index (χ0) is 13.5. The van der Waals surface area contributed by atoms with Crippen LogP contribution in [0.3, 0.4) is 0 Å². The number of rotatable bonds is 3. The van der Waals surface area contributed by atoms with E-state index in [4.69, 9.17) is 4.74 Å². The molecule has 0 radical (unpaired) electrons. The minimum atomic E-state index is 0.287. The first-order valence-electron chi connectivity index (χ1n) is 5.71. The number of benzene rings is 2. The third-order valence-corrected chi connectivity index (χ3v) is 3.13. The van der Waals surface area contributed by atoms with Crippen LogP contribution in [0.1, 0.15) is 15.9 Å². The fourth-order valence-corrected chi connectivity index (χ4v) is 1.82. The van der Waals surface area contributed by atoms with Crippen molar-refractivity contribution in [3.8, 4) is 17.6 Å². The molecule has 0 heterocycles. The monoisotopic (exact) mass is 314 g/mol. The van der Waals surface area contributed by atoms with Crippen molar-refractivity contribution in [2.45, 2.75) is 0 Å². The zero-order valence-corrected chi connectivity index (χ0v) is 11.7. The van der Waals surface area contributed by atoms with Crippen molar-refractivity contribution < 1.29 is 9.53 Å². The van der Waals surface area contributed by atoms with Crippen LogP contribution in [0.15, 0.2) is 53.0 Å². The first-order chi connectivity index (χ1) is 9.29. The first-order valence-corrected chi connectivity index (χ1v) is 6.50. The molecule has 2 aromatic carbocycles. The van der Waals surface area contributed by atoms with Crippen molar-refractivity contribution in [3.05, 3.63) is 64.1 Å². The molecular weight excluding hydrogens is 304 g/mol. The third kappa shape index (κ3) is 3.97. The Bertz CT molecular complexity index is 624. The van der Waals surface area contributed by atoms with Gasteiger partial charge in [0.1, 0.15) is 12.4 Å². The smallest absolute Gasteiger partial charge is 0.151 e. The number of ether oxygens (including phenoxy) is 1. The topological polar surface area (TPSA) is 26.3 Å². The van der Waals surface area contributed by atoms with Crippen LogP contribution in [0.25, 0.3) is 0 Å². The summed E-state index contributed by atoms with van der Waals surface area (Å²) in [6.07, 6.45) is 0.784. The predicted molar refractivity (Wildman–Crippen MR) is 78.3 cm³/mol. The van der Waals surface area contributed by atoms with Gasteiger partial charge in [0, 0.05) is 15.6 Å². The molecule has 0 aliphatic carbocycles. The fraction of sp³-hybridized carbons (Fsp3) is 0.0625. The van der Waals surface area contributed by atoms with Crippen LogP contribution >= 0.6 is 15.9 Å². The number of hydrogen-bond donors (Lipinski definition) is 0. The molecule has 2 aromatic rings. The SMILES string of the molecule is O=Cc1cc(OCC#Cc2ccccc2)ccc1Br. The molecule has 0 atom stereocenters. The minimum absolute atomic E-state index is 0.287. The maximum absolute atomic E-state index is 10.8. The van der Waals surface area contributed by atoms with Gasteiger partial charge in [-0.2, -0.15) is 0 Å². The van der Waals surface area contributed by atoms with Crippen LogP contribution in [0.2, 0.25) is 0 Å². The molecule has 0 fully saturated rings. The molecule has 0 spiro atoms. The van der Waals surface area contributed by atoms with Crippen molar-refractivity contribution >= 4 is 22.2 Å². The maximum Gasteiger partial charge on any atom is 0.151 e. The van der Waals surface area contributed by atoms with E-state index < -0.39 is 0 Å². The Morgan fingerprint density at radius 1 is 1.16 bits per heavy atom. The van der Waals surface area contributed by atoms with Gasteiger partial charge in [-0.1, -0.05) is 46.0 Å². The van der Waals surface area contributed by atoms with Gasteiger partial charge in [0.2, 0.25) is 0 Å². The number of halogens is 1. The van der Waals surface area contributed by atoms with Crippen LogP contribution < -0.4 is 4.74 Å². The molecule has 0 bridgehead atoms. The standard InChI is InChI=1S/C16H11BrO2/c17-16-9-8-15(11-14(16)12-18)19-10-4-7-13-5-2-1-3-6-13/h1-3,5-6,8-9,11-12H,10H2. The van der Waals surface area contributed by atoms with E-state index >= 15 is 0 Å². The van der Waals surface area contributed by atoms with E-state index in [1.807, 2.05) is 30.3 Å². The van der Waals surface area contributed by atoms with Crippen LogP contribution in [0.4, 0.5) is 0 Å². The van der Waals surface area contributed by atoms with E-state index in [9.17, 15) is 4.79 Å². The van der Waals surface area contributed by atoms with Crippen molar-refractivity contribution in [2.75, 3.05) is 6.61 Å². The lowest BCUT2D eigenvalue weighted by Gasteiger charge is -2.03. The maximum atomic E-state index is 10.8. The van der Waals surface area contributed by atoms with Gasteiger partial charge in [-0.05, 0) is 30.3 Å². The van der Waals surface area contributed by atoms with Crippen molar-refractivity contribution in [3.63, 3.8) is 0 Å². The Morgan fingerprint density at radius 2 is 1.95 bits per heavy atom. The Balaban J connectivity index is 1.97. The van der Waals surface area contributed by atoms with E-state index in [1.54, 1.807) is 18.2 Å². The average Bonchev–Trinajstić information content (AvgIpc) is 2.46. The Labute approximate surface area is 120 Å². The van der Waals surface area contributed by atoms with Gasteiger partial charge in [-0.3, -0.25) is 4.79 Å². The Morgan fingerprint density at radius 3 is 2.68 bits per heavy atom. The lowest BCUT2D eigenvalue weighted by molar-refractivity contribution is 0.112. The summed E-state index contributed by atoms with van der Waals surface area (Å²) in [4.78, 5) is 10.8. The highest BCUT2D eigenvalue weighted by molar-refractivity contribution is 9.10. The highest BCUT2D eigenvalue weighted by Gasteiger charge is 2.00. The average molecular weight is 315 g/mol. The summed E-state index contributed by atoms with van der Waals surface area (Å²) in [5.74, 6) is 6.56. The third-order valence-electron chi connectivity index (χ3n) is 2.41. The van der Waals surface area contributed by atoms with E-state index in [0.717, 1.165) is 16.3 Å². The quantitative estimate of drug-likeness (QED) is 0.638. The molecule has 0 unspecified atom stereocenters. The second-order valence-electron chi connectivity index (χ2n) is 3.76. The Hall–Kier alpha value is -2.05. The molecule has 2 nitrogen and oxygen atoms in total. The van der Waals surface area contributed by atoms with Crippen molar-refractivity contribution in [2.24, 2.45) is 0 Å². The number of carbonyl (C=O) groups is 1. The van der Waals surface area contributed by atoms with Crippen LogP contribution in [0, 0.1) is 11.8 Å². The largest absolute Gasteiger partial charge is 0.481 e. The zero-order valence-electron chi connectivity index (χ0n) is 10.1. The molecule has 0 amide bonds. The normalized spacial score (nSPS) is 9.32. The van der Waals surface area contributed by atoms with Gasteiger partial charge in [0.25, 0.3) is 0 Å². The second kappa shape index (κ2) is 6.77. The predicted octanol–water partition coefficient (Wildman–Crippen LogP) is 3.69. The summed E-state index contributed by atoms with van der Waals surface area (Å²) >= 11 is 3.29. The van der Waals surface area contributed by atoms with Gasteiger partial charge >= 0.3 is 0 Å². The molecule has 2 rings (SSSR count). The minimum Gasteiger partial charge on any atom is -0.481 e. The summed E-state index contributed by atoms with van der Waals surface area (Å²) in [5, 5.41) is 0. The van der Waals surface area contributed by atoms with E-state index in [0.29, 0.717) is 11.3 Å². The number of hydrogen-bond acceptors (Lipinski definition) is 2. The van der Waals surface area contributed by atoms with Crippen molar-refractivity contribution in [1.82, 2.24) is 0 Å². The molecule has 0 aliphatic rings. The molecule has 0 aromatic heterocycles. The molecule has 0 saturated carbocycles. The van der Waals surface area contributed by atoms with Gasteiger partial charge in [0.05, 0.1) is 0 Å².